The van der Waals surface area contributed by atoms with Crippen molar-refractivity contribution in [3.8, 4) is 0 Å². The Bertz CT molecular complexity index is 1150. The zero-order valence-electron chi connectivity index (χ0n) is 19.6. The average Bonchev–Trinajstić information content (AvgIpc) is 3.31. The molecule has 0 saturated heterocycles. The van der Waals surface area contributed by atoms with Gasteiger partial charge in [0, 0.05) is 25.6 Å². The molecule has 1 aromatic heterocycles. The fraction of sp³-hybridized carbons (Fsp3) is 0.583. The first-order valence-corrected chi connectivity index (χ1v) is 13.5. The van der Waals surface area contributed by atoms with E-state index < -0.39 is 27.3 Å². The van der Waals surface area contributed by atoms with E-state index in [1.165, 1.54) is 18.3 Å². The lowest BCUT2D eigenvalue weighted by Crippen LogP contribution is -2.37. The predicted octanol–water partition coefficient (Wildman–Crippen LogP) is 4.38. The topological polar surface area (TPSA) is 81.5 Å². The molecule has 2 aliphatic rings. The van der Waals surface area contributed by atoms with Crippen molar-refractivity contribution in [3.05, 3.63) is 47.3 Å². The Morgan fingerprint density at radius 1 is 1.20 bits per heavy atom. The average molecular weight is 514 g/mol. The molecule has 1 heterocycles. The van der Waals surface area contributed by atoms with Gasteiger partial charge in [-0.3, -0.25) is 4.79 Å². The van der Waals surface area contributed by atoms with E-state index in [1.807, 2.05) is 0 Å². The number of rotatable bonds is 10. The summed E-state index contributed by atoms with van der Waals surface area (Å²) in [6, 6.07) is 4.29. The number of carbonyl (C=O) groups is 1. The molecule has 2 saturated carbocycles. The molecule has 0 bridgehead atoms. The number of alkyl halides is 3. The lowest BCUT2D eigenvalue weighted by molar-refractivity contribution is -0.138. The third kappa shape index (κ3) is 6.06. The zero-order valence-corrected chi connectivity index (χ0v) is 20.4. The highest BCUT2D eigenvalue weighted by Crippen LogP contribution is 2.39. The van der Waals surface area contributed by atoms with E-state index >= 15 is 0 Å². The minimum Gasteiger partial charge on any atom is -0.383 e. The third-order valence-electron chi connectivity index (χ3n) is 6.57. The molecular weight excluding hydrogens is 483 g/mol. The number of sulfone groups is 1. The summed E-state index contributed by atoms with van der Waals surface area (Å²) in [5.41, 5.74) is -0.238. The minimum atomic E-state index is -4.56. The maximum absolute atomic E-state index is 13.3. The van der Waals surface area contributed by atoms with Crippen molar-refractivity contribution in [1.82, 2.24) is 14.5 Å². The van der Waals surface area contributed by atoms with Gasteiger partial charge in [0.1, 0.15) is 0 Å². The van der Waals surface area contributed by atoms with E-state index in [-0.39, 0.29) is 35.1 Å². The molecule has 11 heteroatoms. The van der Waals surface area contributed by atoms with Crippen LogP contribution in [0.25, 0.3) is 0 Å². The largest absolute Gasteiger partial charge is 0.416 e. The number of hydrogen-bond donors (Lipinski definition) is 0. The van der Waals surface area contributed by atoms with Crippen LogP contribution in [0, 0.1) is 5.92 Å². The molecule has 0 unspecified atom stereocenters. The van der Waals surface area contributed by atoms with Crippen molar-refractivity contribution in [2.75, 3.05) is 20.3 Å². The van der Waals surface area contributed by atoms with E-state index in [9.17, 15) is 26.4 Å². The number of nitrogens with zero attached hydrogens (tertiary/aromatic N) is 3. The molecular formula is C24H30F3N3O4S. The fourth-order valence-corrected chi connectivity index (χ4v) is 6.19. The number of amides is 1. The molecule has 0 spiro atoms. The summed E-state index contributed by atoms with van der Waals surface area (Å²) in [7, 11) is -2.46. The molecule has 0 aliphatic heterocycles. The Balaban J connectivity index is 1.60. The monoisotopic (exact) mass is 513 g/mol. The molecule has 0 N–H and O–H groups in total. The summed E-state index contributed by atoms with van der Waals surface area (Å²) >= 11 is 0. The Kier molecular flexibility index (Phi) is 7.56. The first-order valence-electron chi connectivity index (χ1n) is 11.8. The van der Waals surface area contributed by atoms with E-state index in [0.717, 1.165) is 50.7 Å². The summed E-state index contributed by atoms with van der Waals surface area (Å²) in [5.74, 6) is -0.584. The van der Waals surface area contributed by atoms with Crippen LogP contribution in [0.3, 0.4) is 0 Å². The van der Waals surface area contributed by atoms with Crippen LogP contribution < -0.4 is 0 Å². The van der Waals surface area contributed by atoms with E-state index in [0.29, 0.717) is 18.8 Å². The van der Waals surface area contributed by atoms with Gasteiger partial charge >= 0.3 is 6.18 Å². The first kappa shape index (κ1) is 25.7. The molecule has 1 aromatic carbocycles. The molecule has 35 heavy (non-hydrogen) atoms. The summed E-state index contributed by atoms with van der Waals surface area (Å²) in [5, 5.41) is -0.160. The van der Waals surface area contributed by atoms with E-state index in [1.54, 1.807) is 16.6 Å². The van der Waals surface area contributed by atoms with Crippen molar-refractivity contribution in [1.29, 1.82) is 0 Å². The molecule has 2 aliphatic carbocycles. The highest BCUT2D eigenvalue weighted by atomic mass is 32.2. The quantitative estimate of drug-likeness (QED) is 0.471. The van der Waals surface area contributed by atoms with Crippen LogP contribution in [0.4, 0.5) is 13.2 Å². The number of imidazole rings is 1. The second-order valence-electron chi connectivity index (χ2n) is 9.32. The number of benzene rings is 1. The van der Waals surface area contributed by atoms with Crippen LogP contribution in [0.5, 0.6) is 0 Å². The fourth-order valence-electron chi connectivity index (χ4n) is 4.66. The summed E-state index contributed by atoms with van der Waals surface area (Å²) in [4.78, 5) is 19.0. The van der Waals surface area contributed by atoms with Crippen LogP contribution in [0.2, 0.25) is 0 Å². The Labute approximate surface area is 203 Å². The Hall–Kier alpha value is -2.40. The van der Waals surface area contributed by atoms with Crippen molar-refractivity contribution in [2.24, 2.45) is 5.92 Å². The molecule has 2 fully saturated rings. The van der Waals surface area contributed by atoms with Crippen molar-refractivity contribution in [2.45, 2.75) is 68.2 Å². The number of methoxy groups -OCH3 is 1. The highest BCUT2D eigenvalue weighted by molar-refractivity contribution is 7.90. The molecule has 192 valence electrons. The Morgan fingerprint density at radius 2 is 1.91 bits per heavy atom. The molecule has 0 radical (unpaired) electrons. The second-order valence-corrected chi connectivity index (χ2v) is 11.2. The first-order chi connectivity index (χ1) is 16.6. The number of carbonyl (C=O) groups excluding carboxylic acids is 1. The normalized spacial score (nSPS) is 17.1. The third-order valence-corrected chi connectivity index (χ3v) is 8.15. The van der Waals surface area contributed by atoms with Gasteiger partial charge < -0.3 is 14.2 Å². The number of hydrogen-bond acceptors (Lipinski definition) is 5. The number of ether oxygens (including phenoxy) is 1. The predicted molar refractivity (Wildman–Crippen MR) is 122 cm³/mol. The minimum absolute atomic E-state index is 0.0340. The van der Waals surface area contributed by atoms with Crippen LogP contribution in [0.15, 0.2) is 35.6 Å². The van der Waals surface area contributed by atoms with Crippen LogP contribution in [-0.2, 0) is 37.8 Å². The maximum Gasteiger partial charge on any atom is 0.416 e. The van der Waals surface area contributed by atoms with E-state index in [4.69, 9.17) is 4.74 Å². The molecule has 7 nitrogen and oxygen atoms in total. The second kappa shape index (κ2) is 10.3. The van der Waals surface area contributed by atoms with Crippen LogP contribution in [-0.4, -0.2) is 49.0 Å². The standard InChI is InChI=1S/C24H30F3N3O4S/c1-34-12-11-29(22(31)18-6-2-3-7-18)15-21-14-28-23(30(21)20-9-10-20)35(32,33)16-17-5-4-8-19(13-17)24(25,26)27/h4-5,8,13-14,18,20H,2-3,6-7,9-12,15-16H2,1H3. The van der Waals surface area contributed by atoms with Gasteiger partial charge in [-0.25, -0.2) is 13.4 Å². The number of aromatic nitrogens is 2. The van der Waals surface area contributed by atoms with Crippen LogP contribution >= 0.6 is 0 Å². The molecule has 2 aromatic rings. The van der Waals surface area contributed by atoms with Gasteiger partial charge in [0.05, 0.1) is 36.4 Å². The lowest BCUT2D eigenvalue weighted by Gasteiger charge is -2.26. The number of halogens is 3. The molecule has 0 atom stereocenters. The molecule has 4 rings (SSSR count). The summed E-state index contributed by atoms with van der Waals surface area (Å²) in [6.07, 6.45) is 2.21. The van der Waals surface area contributed by atoms with Crippen molar-refractivity contribution < 1.29 is 31.1 Å². The van der Waals surface area contributed by atoms with Gasteiger partial charge in [-0.15, -0.1) is 0 Å². The Morgan fingerprint density at radius 3 is 2.54 bits per heavy atom. The highest BCUT2D eigenvalue weighted by Gasteiger charge is 2.36. The lowest BCUT2D eigenvalue weighted by atomic mass is 10.1. The summed E-state index contributed by atoms with van der Waals surface area (Å²) in [6.45, 7) is 0.950. The van der Waals surface area contributed by atoms with Gasteiger partial charge in [0.2, 0.25) is 20.9 Å². The SMILES string of the molecule is COCCN(Cc1cnc(S(=O)(=O)Cc2cccc(C(F)(F)F)c2)n1C1CC1)C(=O)C1CCCC1. The maximum atomic E-state index is 13.3. The zero-order chi connectivity index (χ0) is 25.2. The van der Waals surface area contributed by atoms with Gasteiger partial charge in [-0.1, -0.05) is 31.0 Å². The van der Waals surface area contributed by atoms with Gasteiger partial charge in [0.25, 0.3) is 0 Å². The molecule has 1 amide bonds. The van der Waals surface area contributed by atoms with Crippen molar-refractivity contribution in [3.63, 3.8) is 0 Å². The van der Waals surface area contributed by atoms with E-state index in [2.05, 4.69) is 4.98 Å². The summed E-state index contributed by atoms with van der Waals surface area (Å²) < 4.78 is 72.6. The van der Waals surface area contributed by atoms with Gasteiger partial charge in [-0.05, 0) is 37.3 Å². The van der Waals surface area contributed by atoms with Crippen LogP contribution in [0.1, 0.15) is 61.4 Å². The van der Waals surface area contributed by atoms with Gasteiger partial charge in [-0.2, -0.15) is 13.2 Å². The smallest absolute Gasteiger partial charge is 0.383 e. The van der Waals surface area contributed by atoms with Crippen molar-refractivity contribution >= 4 is 15.7 Å². The van der Waals surface area contributed by atoms with Gasteiger partial charge in [0.15, 0.2) is 0 Å².